The van der Waals surface area contributed by atoms with E-state index in [0.29, 0.717) is 25.5 Å². The van der Waals surface area contributed by atoms with Crippen molar-refractivity contribution >= 4 is 21.6 Å². The highest BCUT2D eigenvalue weighted by molar-refractivity contribution is 9.10. The summed E-state index contributed by atoms with van der Waals surface area (Å²) in [6, 6.07) is 11.8. The largest absolute Gasteiger partial charge is 0.467 e. The van der Waals surface area contributed by atoms with Gasteiger partial charge in [0.25, 0.3) is 0 Å². The van der Waals surface area contributed by atoms with Gasteiger partial charge < -0.3 is 19.9 Å². The number of fused-ring (bicyclic) bond motifs is 1. The molecule has 0 spiro atoms. The van der Waals surface area contributed by atoms with E-state index in [0.717, 1.165) is 26.9 Å². The summed E-state index contributed by atoms with van der Waals surface area (Å²) in [5.74, 6) is 0.838. The van der Waals surface area contributed by atoms with Gasteiger partial charge in [-0.05, 0) is 29.8 Å². The van der Waals surface area contributed by atoms with Crippen LogP contribution in [0.1, 0.15) is 16.7 Å². The van der Waals surface area contributed by atoms with E-state index in [4.69, 9.17) is 19.9 Å². The van der Waals surface area contributed by atoms with Gasteiger partial charge in [0.05, 0.1) is 19.8 Å². The summed E-state index contributed by atoms with van der Waals surface area (Å²) in [6.07, 6.45) is 0. The maximum Gasteiger partial charge on any atom is 0.189 e. The first-order valence-corrected chi connectivity index (χ1v) is 7.45. The van der Waals surface area contributed by atoms with Gasteiger partial charge in [-0.1, -0.05) is 28.1 Å². The van der Waals surface area contributed by atoms with E-state index in [2.05, 4.69) is 15.9 Å². The van der Waals surface area contributed by atoms with Crippen LogP contribution in [0.15, 0.2) is 40.9 Å². The topological polar surface area (TPSA) is 53.7 Å². The van der Waals surface area contributed by atoms with Crippen LogP contribution in [-0.4, -0.2) is 6.79 Å². The summed E-state index contributed by atoms with van der Waals surface area (Å²) >= 11 is 3.45. The molecule has 110 valence electrons. The van der Waals surface area contributed by atoms with Crippen LogP contribution in [0.5, 0.6) is 5.75 Å². The average molecular weight is 350 g/mol. The smallest absolute Gasteiger partial charge is 0.189 e. The van der Waals surface area contributed by atoms with Crippen molar-refractivity contribution in [3.63, 3.8) is 0 Å². The quantitative estimate of drug-likeness (QED) is 0.856. The molecule has 0 aliphatic carbocycles. The Hall–Kier alpha value is -1.56. The molecule has 0 amide bonds. The predicted octanol–water partition coefficient (Wildman–Crippen LogP) is 3.61. The molecule has 2 aromatic rings. The van der Waals surface area contributed by atoms with Gasteiger partial charge in [-0.3, -0.25) is 0 Å². The normalized spacial score (nSPS) is 13.6. The van der Waals surface area contributed by atoms with E-state index in [1.807, 2.05) is 36.4 Å². The molecule has 1 aliphatic rings. The van der Waals surface area contributed by atoms with Gasteiger partial charge in [-0.2, -0.15) is 0 Å². The molecule has 0 radical (unpaired) electrons. The molecule has 1 aliphatic heterocycles. The van der Waals surface area contributed by atoms with Gasteiger partial charge in [-0.25, -0.2) is 0 Å². The Labute approximate surface area is 131 Å². The first-order valence-electron chi connectivity index (χ1n) is 6.66. The molecule has 21 heavy (non-hydrogen) atoms. The zero-order valence-electron chi connectivity index (χ0n) is 11.5. The van der Waals surface area contributed by atoms with Gasteiger partial charge in [0.2, 0.25) is 0 Å². The summed E-state index contributed by atoms with van der Waals surface area (Å²) in [7, 11) is 0. The van der Waals surface area contributed by atoms with Crippen LogP contribution in [0.3, 0.4) is 0 Å². The Morgan fingerprint density at radius 2 is 2.10 bits per heavy atom. The van der Waals surface area contributed by atoms with Crippen molar-refractivity contribution in [1.29, 1.82) is 0 Å². The highest BCUT2D eigenvalue weighted by Crippen LogP contribution is 2.31. The second-order valence-corrected chi connectivity index (χ2v) is 5.82. The van der Waals surface area contributed by atoms with Gasteiger partial charge in [0, 0.05) is 21.3 Å². The van der Waals surface area contributed by atoms with Crippen LogP contribution in [-0.2, 0) is 29.3 Å². The van der Waals surface area contributed by atoms with E-state index in [1.165, 1.54) is 0 Å². The maximum atomic E-state index is 5.91. The number of hydrogen-bond acceptors (Lipinski definition) is 4. The molecule has 2 N–H and O–H groups in total. The van der Waals surface area contributed by atoms with Crippen LogP contribution in [0.4, 0.5) is 5.69 Å². The Morgan fingerprint density at radius 1 is 1.19 bits per heavy atom. The predicted molar refractivity (Wildman–Crippen MR) is 83.8 cm³/mol. The van der Waals surface area contributed by atoms with Gasteiger partial charge in [0.1, 0.15) is 5.75 Å². The Kier molecular flexibility index (Phi) is 4.43. The molecule has 5 heteroatoms. The molecule has 0 bridgehead atoms. The van der Waals surface area contributed by atoms with Gasteiger partial charge in [0.15, 0.2) is 6.79 Å². The van der Waals surface area contributed by atoms with E-state index >= 15 is 0 Å². The fourth-order valence-electron chi connectivity index (χ4n) is 2.34. The molecular formula is C16H16BrNO3. The highest BCUT2D eigenvalue weighted by atomic mass is 79.9. The molecule has 0 saturated carbocycles. The third kappa shape index (κ3) is 3.56. The third-order valence-corrected chi connectivity index (χ3v) is 3.72. The number of rotatable bonds is 4. The SMILES string of the molecule is Nc1cc2c(c(COCc3cccc(Br)c3)c1)OCOC2. The lowest BCUT2D eigenvalue weighted by Crippen LogP contribution is -2.14. The number of anilines is 1. The van der Waals surface area contributed by atoms with Crippen molar-refractivity contribution in [1.82, 2.24) is 0 Å². The van der Waals surface area contributed by atoms with E-state index in [-0.39, 0.29) is 6.79 Å². The molecule has 0 unspecified atom stereocenters. The lowest BCUT2D eigenvalue weighted by atomic mass is 10.1. The summed E-state index contributed by atoms with van der Waals surface area (Å²) in [6.45, 7) is 1.80. The fourth-order valence-corrected chi connectivity index (χ4v) is 2.79. The molecule has 2 aromatic carbocycles. The van der Waals surface area contributed by atoms with Crippen molar-refractivity contribution in [2.45, 2.75) is 19.8 Å². The van der Waals surface area contributed by atoms with Crippen LogP contribution in [0.2, 0.25) is 0 Å². The molecule has 0 saturated heterocycles. The van der Waals surface area contributed by atoms with Crippen LogP contribution < -0.4 is 10.5 Å². The molecular weight excluding hydrogens is 334 g/mol. The maximum absolute atomic E-state index is 5.91. The summed E-state index contributed by atoms with van der Waals surface area (Å²) in [5.41, 5.74) is 9.66. The summed E-state index contributed by atoms with van der Waals surface area (Å²) < 4.78 is 17.7. The number of benzene rings is 2. The summed E-state index contributed by atoms with van der Waals surface area (Å²) in [5, 5.41) is 0. The van der Waals surface area contributed by atoms with Crippen molar-refractivity contribution in [2.24, 2.45) is 0 Å². The number of nitrogens with two attached hydrogens (primary N) is 1. The van der Waals surface area contributed by atoms with E-state index in [1.54, 1.807) is 0 Å². The minimum atomic E-state index is 0.273. The van der Waals surface area contributed by atoms with Gasteiger partial charge in [-0.15, -0.1) is 0 Å². The summed E-state index contributed by atoms with van der Waals surface area (Å²) in [4.78, 5) is 0. The number of hydrogen-bond donors (Lipinski definition) is 1. The van der Waals surface area contributed by atoms with E-state index in [9.17, 15) is 0 Å². The fraction of sp³-hybridized carbons (Fsp3) is 0.250. The van der Waals surface area contributed by atoms with Crippen molar-refractivity contribution in [2.75, 3.05) is 12.5 Å². The van der Waals surface area contributed by atoms with Gasteiger partial charge >= 0.3 is 0 Å². The minimum Gasteiger partial charge on any atom is -0.467 e. The lowest BCUT2D eigenvalue weighted by molar-refractivity contribution is -0.0185. The van der Waals surface area contributed by atoms with Crippen LogP contribution in [0, 0.1) is 0 Å². The third-order valence-electron chi connectivity index (χ3n) is 3.22. The molecule has 0 atom stereocenters. The second kappa shape index (κ2) is 6.47. The van der Waals surface area contributed by atoms with Crippen molar-refractivity contribution in [3.05, 3.63) is 57.6 Å². The van der Waals surface area contributed by atoms with Crippen LogP contribution >= 0.6 is 15.9 Å². The highest BCUT2D eigenvalue weighted by Gasteiger charge is 2.16. The standard InChI is InChI=1S/C16H16BrNO3/c17-14-3-1-2-11(4-14)7-19-8-12-5-15(18)6-13-9-20-10-21-16(12)13/h1-6H,7-10,18H2. The number of ether oxygens (including phenoxy) is 3. The average Bonchev–Trinajstić information content (AvgIpc) is 2.47. The molecule has 3 rings (SSSR count). The monoisotopic (exact) mass is 349 g/mol. The number of nitrogen functional groups attached to an aromatic ring is 1. The molecule has 1 heterocycles. The Bertz CT molecular complexity index is 645. The second-order valence-electron chi connectivity index (χ2n) is 4.90. The first kappa shape index (κ1) is 14.4. The lowest BCUT2D eigenvalue weighted by Gasteiger charge is -2.21. The minimum absolute atomic E-state index is 0.273. The number of halogens is 1. The Balaban J connectivity index is 1.69. The van der Waals surface area contributed by atoms with Crippen LogP contribution in [0.25, 0.3) is 0 Å². The molecule has 0 fully saturated rings. The molecule has 0 aromatic heterocycles. The molecule has 4 nitrogen and oxygen atoms in total. The zero-order chi connectivity index (χ0) is 14.7. The Morgan fingerprint density at radius 3 is 2.95 bits per heavy atom. The van der Waals surface area contributed by atoms with Crippen molar-refractivity contribution < 1.29 is 14.2 Å². The van der Waals surface area contributed by atoms with E-state index < -0.39 is 0 Å². The first-order chi connectivity index (χ1) is 10.2. The zero-order valence-corrected chi connectivity index (χ0v) is 13.1. The van der Waals surface area contributed by atoms with Crippen molar-refractivity contribution in [3.8, 4) is 5.75 Å².